The fourth-order valence-electron chi connectivity index (χ4n) is 1.87. The summed E-state index contributed by atoms with van der Waals surface area (Å²) >= 11 is 4.68. The quantitative estimate of drug-likeness (QED) is 0.270. The van der Waals surface area contributed by atoms with Crippen LogP contribution in [0.15, 0.2) is 40.1 Å². The normalized spacial score (nSPS) is 11.7. The minimum absolute atomic E-state index is 0. The van der Waals surface area contributed by atoms with Gasteiger partial charge in [-0.2, -0.15) is 16.8 Å². The van der Waals surface area contributed by atoms with E-state index in [4.69, 9.17) is 14.8 Å². The van der Waals surface area contributed by atoms with Gasteiger partial charge in [0, 0.05) is 11.1 Å². The number of benzene rings is 2. The van der Waals surface area contributed by atoms with Crippen molar-refractivity contribution in [1.82, 2.24) is 0 Å². The molecule has 0 heterocycles. The Morgan fingerprint density at radius 3 is 2.04 bits per heavy atom. The van der Waals surface area contributed by atoms with E-state index in [2.05, 4.69) is 17.5 Å². The van der Waals surface area contributed by atoms with Gasteiger partial charge in [-0.15, -0.1) is 0 Å². The molecule has 0 saturated carbocycles. The molecule has 2 aromatic carbocycles. The second-order valence-corrected chi connectivity index (χ2v) is 7.58. The Kier molecular flexibility index (Phi) is 6.15. The van der Waals surface area contributed by atoms with Gasteiger partial charge in [-0.05, 0) is 41.9 Å². The molecule has 2 rings (SSSR count). The van der Waals surface area contributed by atoms with Crippen LogP contribution in [-0.2, 0) is 20.2 Å². The third-order valence-corrected chi connectivity index (χ3v) is 4.53. The zero-order valence-electron chi connectivity index (χ0n) is 12.7. The van der Waals surface area contributed by atoms with Crippen LogP contribution in [0.2, 0.25) is 0 Å². The summed E-state index contributed by atoms with van der Waals surface area (Å²) in [6.07, 6.45) is 0. The summed E-state index contributed by atoms with van der Waals surface area (Å²) in [4.78, 5) is -0.903. The summed E-state index contributed by atoms with van der Waals surface area (Å²) in [7, 11) is -9.00. The van der Waals surface area contributed by atoms with Gasteiger partial charge in [0.05, 0.1) is 9.79 Å². The van der Waals surface area contributed by atoms with Crippen LogP contribution in [-0.4, -0.2) is 31.1 Å². The van der Waals surface area contributed by atoms with Gasteiger partial charge < -0.3 is 12.5 Å². The molecule has 0 amide bonds. The van der Waals surface area contributed by atoms with Crippen LogP contribution in [0.1, 0.15) is 1.43 Å². The number of hydrogen-bond acceptors (Lipinski definition) is 5. The fourth-order valence-corrected chi connectivity index (χ4v) is 3.03. The van der Waals surface area contributed by atoms with Crippen LogP contribution in [0.4, 0.5) is 5.69 Å². The average Bonchev–Trinajstić information content (AvgIpc) is 2.35. The third kappa shape index (κ3) is 4.84. The SMILES string of the molecule is NC(=S)Nc1cc(S(=O)(=O)O)cc2cc(S(=O)(=O)O)ccc12.[H-].[Na+]. The number of thiocarbonyl (C=S) groups is 1. The van der Waals surface area contributed by atoms with E-state index in [0.29, 0.717) is 5.39 Å². The minimum Gasteiger partial charge on any atom is -1.00 e. The van der Waals surface area contributed by atoms with Crippen molar-refractivity contribution in [3.63, 3.8) is 0 Å². The van der Waals surface area contributed by atoms with Crippen LogP contribution >= 0.6 is 12.2 Å². The molecule has 12 heteroatoms. The van der Waals surface area contributed by atoms with Crippen molar-refractivity contribution in [2.24, 2.45) is 5.73 Å². The van der Waals surface area contributed by atoms with Gasteiger partial charge in [-0.3, -0.25) is 9.11 Å². The van der Waals surface area contributed by atoms with Gasteiger partial charge in [-0.1, -0.05) is 6.07 Å². The molecule has 0 atom stereocenters. The maximum atomic E-state index is 11.3. The zero-order chi connectivity index (χ0) is 16.7. The molecule has 0 aliphatic heterocycles. The largest absolute Gasteiger partial charge is 1.00 e. The summed E-state index contributed by atoms with van der Waals surface area (Å²) in [5.74, 6) is 0. The van der Waals surface area contributed by atoms with E-state index in [9.17, 15) is 16.8 Å². The maximum Gasteiger partial charge on any atom is 1.00 e. The van der Waals surface area contributed by atoms with E-state index >= 15 is 0 Å². The third-order valence-electron chi connectivity index (χ3n) is 2.75. The van der Waals surface area contributed by atoms with Crippen molar-refractivity contribution in [2.75, 3.05) is 5.32 Å². The van der Waals surface area contributed by atoms with E-state index in [-0.39, 0.29) is 47.2 Å². The first kappa shape index (κ1) is 20.3. The predicted octanol–water partition coefficient (Wildman–Crippen LogP) is -1.89. The predicted molar refractivity (Wildman–Crippen MR) is 85.1 cm³/mol. The Morgan fingerprint density at radius 1 is 1.04 bits per heavy atom. The van der Waals surface area contributed by atoms with Crippen molar-refractivity contribution in [2.45, 2.75) is 9.79 Å². The van der Waals surface area contributed by atoms with Gasteiger partial charge in [0.15, 0.2) is 5.11 Å². The van der Waals surface area contributed by atoms with Crippen LogP contribution in [0.5, 0.6) is 0 Å². The van der Waals surface area contributed by atoms with E-state index < -0.39 is 30.0 Å². The van der Waals surface area contributed by atoms with Crippen molar-refractivity contribution in [3.8, 4) is 0 Å². The topological polar surface area (TPSA) is 147 Å². The number of anilines is 1. The Morgan fingerprint density at radius 2 is 1.57 bits per heavy atom. The van der Waals surface area contributed by atoms with Gasteiger partial charge in [-0.25, -0.2) is 0 Å². The van der Waals surface area contributed by atoms with Crippen molar-refractivity contribution < 1.29 is 56.9 Å². The van der Waals surface area contributed by atoms with E-state index in [1.54, 1.807) is 0 Å². The molecule has 0 aliphatic rings. The van der Waals surface area contributed by atoms with Gasteiger partial charge in [0.25, 0.3) is 20.2 Å². The Balaban J connectivity index is 0.00000264. The van der Waals surface area contributed by atoms with E-state index in [0.717, 1.165) is 24.3 Å². The Bertz CT molecular complexity index is 989. The molecule has 2 aromatic rings. The molecule has 0 aromatic heterocycles. The molecule has 120 valence electrons. The first-order chi connectivity index (χ1) is 9.98. The van der Waals surface area contributed by atoms with Gasteiger partial charge >= 0.3 is 29.6 Å². The smallest absolute Gasteiger partial charge is 1.00 e. The molecule has 8 nitrogen and oxygen atoms in total. The summed E-state index contributed by atoms with van der Waals surface area (Å²) in [5.41, 5.74) is 5.51. The van der Waals surface area contributed by atoms with Crippen LogP contribution < -0.4 is 40.6 Å². The standard InChI is InChI=1S/C11H10N2O6S3.Na.H/c12-11(20)13-10-5-8(22(17,18)19)4-6-3-7(21(14,15)16)1-2-9(6)10;;/h1-5H,(H3,12,13,20)(H,14,15,16)(H,17,18,19);;/q;+1;-1. The fraction of sp³-hybridized carbons (Fsp3) is 0. The zero-order valence-corrected chi connectivity index (χ0v) is 16.2. The molecule has 0 unspecified atom stereocenters. The molecule has 5 N–H and O–H groups in total. The molecular formula is C11H11N2NaO6S3. The molecule has 0 fully saturated rings. The Labute approximate surface area is 161 Å². The molecular weight excluding hydrogens is 375 g/mol. The van der Waals surface area contributed by atoms with Crippen molar-refractivity contribution in [1.29, 1.82) is 0 Å². The molecule has 0 saturated heterocycles. The second-order valence-electron chi connectivity index (χ2n) is 4.29. The van der Waals surface area contributed by atoms with Crippen LogP contribution in [0.3, 0.4) is 0 Å². The minimum atomic E-state index is -4.54. The molecule has 0 radical (unpaired) electrons. The van der Waals surface area contributed by atoms with Gasteiger partial charge in [0.1, 0.15) is 0 Å². The number of nitrogens with one attached hydrogen (secondary N) is 1. The second kappa shape index (κ2) is 6.99. The summed E-state index contributed by atoms with van der Waals surface area (Å²) < 4.78 is 63.1. The van der Waals surface area contributed by atoms with E-state index in [1.807, 2.05) is 0 Å². The van der Waals surface area contributed by atoms with Crippen molar-refractivity contribution in [3.05, 3.63) is 30.3 Å². The molecule has 23 heavy (non-hydrogen) atoms. The maximum absolute atomic E-state index is 11.3. The summed E-state index contributed by atoms with van der Waals surface area (Å²) in [6.45, 7) is 0. The first-order valence-electron chi connectivity index (χ1n) is 5.58. The van der Waals surface area contributed by atoms with Gasteiger partial charge in [0.2, 0.25) is 0 Å². The van der Waals surface area contributed by atoms with Crippen LogP contribution in [0.25, 0.3) is 10.8 Å². The molecule has 0 spiro atoms. The summed E-state index contributed by atoms with van der Waals surface area (Å²) in [6, 6.07) is 5.69. The first-order valence-corrected chi connectivity index (χ1v) is 8.86. The molecule has 0 bridgehead atoms. The Hall–Kier alpha value is -0.790. The van der Waals surface area contributed by atoms with E-state index in [1.165, 1.54) is 6.07 Å². The number of hydrogen-bond donors (Lipinski definition) is 4. The molecule has 0 aliphatic carbocycles. The number of nitrogens with two attached hydrogens (primary N) is 1. The van der Waals surface area contributed by atoms with Crippen molar-refractivity contribution >= 4 is 54.0 Å². The summed E-state index contributed by atoms with van der Waals surface area (Å²) in [5, 5.41) is 2.93. The van der Waals surface area contributed by atoms with Crippen LogP contribution in [0, 0.1) is 0 Å². The number of fused-ring (bicyclic) bond motifs is 1. The monoisotopic (exact) mass is 386 g/mol. The average molecular weight is 386 g/mol. The number of rotatable bonds is 3.